The highest BCUT2D eigenvalue weighted by Gasteiger charge is 2.30. The van der Waals surface area contributed by atoms with Crippen LogP contribution >= 0.6 is 11.6 Å². The van der Waals surface area contributed by atoms with E-state index >= 15 is 0 Å². The van der Waals surface area contributed by atoms with E-state index in [1.54, 1.807) is 0 Å². The molecule has 1 aromatic heterocycles. The third-order valence-electron chi connectivity index (χ3n) is 2.23. The highest BCUT2D eigenvalue weighted by molar-refractivity contribution is 6.29. The number of aromatic nitrogens is 3. The van der Waals surface area contributed by atoms with Crippen LogP contribution in [0.15, 0.2) is 0 Å². The zero-order valence-corrected chi connectivity index (χ0v) is 8.95. The van der Waals surface area contributed by atoms with Crippen LogP contribution in [0, 0.1) is 5.92 Å². The van der Waals surface area contributed by atoms with Crippen molar-refractivity contribution in [1.29, 1.82) is 0 Å². The van der Waals surface area contributed by atoms with Gasteiger partial charge in [0.15, 0.2) is 5.82 Å². The molecule has 0 unspecified atom stereocenters. The molecule has 1 aliphatic rings. The van der Waals surface area contributed by atoms with Gasteiger partial charge in [-0.25, -0.2) is 4.98 Å². The van der Waals surface area contributed by atoms with Crippen LogP contribution in [0.4, 0.5) is 0 Å². The normalized spacial score (nSPS) is 16.3. The molecule has 1 fully saturated rings. The summed E-state index contributed by atoms with van der Waals surface area (Å²) in [6.07, 6.45) is 2.21. The lowest BCUT2D eigenvalue weighted by atomic mass is 10.2. The maximum absolute atomic E-state index is 11.6. The van der Waals surface area contributed by atoms with E-state index in [1.165, 1.54) is 4.68 Å². The molecule has 76 valence electrons. The molecule has 0 radical (unpaired) electrons. The lowest BCUT2D eigenvalue weighted by Gasteiger charge is -2.02. The van der Waals surface area contributed by atoms with E-state index in [9.17, 15) is 4.79 Å². The van der Waals surface area contributed by atoms with Gasteiger partial charge in [-0.2, -0.15) is 4.68 Å². The number of hydrogen-bond donors (Lipinski definition) is 0. The summed E-state index contributed by atoms with van der Waals surface area (Å²) in [5.41, 5.74) is 0. The van der Waals surface area contributed by atoms with E-state index in [2.05, 4.69) is 10.1 Å². The third-order valence-corrected chi connectivity index (χ3v) is 2.47. The minimum Gasteiger partial charge on any atom is -0.272 e. The summed E-state index contributed by atoms with van der Waals surface area (Å²) in [6, 6.07) is 0. The van der Waals surface area contributed by atoms with Gasteiger partial charge in [-0.3, -0.25) is 4.79 Å². The van der Waals surface area contributed by atoms with Crippen LogP contribution < -0.4 is 0 Å². The summed E-state index contributed by atoms with van der Waals surface area (Å²) in [7, 11) is 0. The van der Waals surface area contributed by atoms with Crippen molar-refractivity contribution in [3.05, 3.63) is 11.1 Å². The summed E-state index contributed by atoms with van der Waals surface area (Å²) in [4.78, 5) is 15.7. The fourth-order valence-corrected chi connectivity index (χ4v) is 1.41. The van der Waals surface area contributed by atoms with Gasteiger partial charge in [0, 0.05) is 11.8 Å². The molecule has 1 aliphatic carbocycles. The van der Waals surface area contributed by atoms with Crippen LogP contribution in [-0.2, 0) is 0 Å². The first kappa shape index (κ1) is 9.65. The Bertz CT molecular complexity index is 368. The average molecular weight is 214 g/mol. The molecular weight excluding hydrogens is 202 g/mol. The molecule has 2 rings (SSSR count). The molecule has 0 amide bonds. The Morgan fingerprint density at radius 3 is 2.71 bits per heavy atom. The molecular formula is C9H12ClN3O. The predicted molar refractivity (Wildman–Crippen MR) is 52.5 cm³/mol. The van der Waals surface area contributed by atoms with Crippen molar-refractivity contribution in [2.45, 2.75) is 32.6 Å². The van der Waals surface area contributed by atoms with Crippen LogP contribution in [0.3, 0.4) is 0 Å². The van der Waals surface area contributed by atoms with Gasteiger partial charge in [0.25, 0.3) is 5.91 Å². The molecule has 4 nitrogen and oxygen atoms in total. The van der Waals surface area contributed by atoms with E-state index in [1.807, 2.05) is 13.8 Å². The zero-order chi connectivity index (χ0) is 10.3. The molecule has 0 aliphatic heterocycles. The summed E-state index contributed by atoms with van der Waals surface area (Å²) >= 11 is 5.82. The molecule has 0 saturated heterocycles. The molecule has 0 N–H and O–H groups in total. The number of carbonyl (C=O) groups excluding carboxylic acids is 1. The fraction of sp³-hybridized carbons (Fsp3) is 0.667. The monoisotopic (exact) mass is 213 g/mol. The summed E-state index contributed by atoms with van der Waals surface area (Å²) in [6.45, 7) is 3.63. The molecule has 0 spiro atoms. The standard InChI is InChI=1S/C9H12ClN3O/c1-5(2)8(14)13-9(10)11-7(12-13)6-3-4-6/h5-6H,3-4H2,1-2H3. The van der Waals surface area contributed by atoms with Gasteiger partial charge in [0.2, 0.25) is 5.28 Å². The Morgan fingerprint density at radius 1 is 1.57 bits per heavy atom. The second kappa shape index (κ2) is 3.35. The largest absolute Gasteiger partial charge is 0.272 e. The number of nitrogens with zero attached hydrogens (tertiary/aromatic N) is 3. The van der Waals surface area contributed by atoms with Crippen LogP contribution in [0.1, 0.15) is 43.2 Å². The maximum Gasteiger partial charge on any atom is 0.252 e. The second-order valence-electron chi connectivity index (χ2n) is 3.92. The Labute approximate surface area is 87.3 Å². The zero-order valence-electron chi connectivity index (χ0n) is 8.20. The number of carbonyl (C=O) groups is 1. The number of halogens is 1. The highest BCUT2D eigenvalue weighted by atomic mass is 35.5. The van der Waals surface area contributed by atoms with E-state index < -0.39 is 0 Å². The summed E-state index contributed by atoms with van der Waals surface area (Å²) in [5, 5.41) is 4.30. The minimum absolute atomic E-state index is 0.102. The first-order valence-electron chi connectivity index (χ1n) is 4.76. The molecule has 14 heavy (non-hydrogen) atoms. The molecule has 0 bridgehead atoms. The van der Waals surface area contributed by atoms with Gasteiger partial charge >= 0.3 is 0 Å². The van der Waals surface area contributed by atoms with Crippen LogP contribution in [0.25, 0.3) is 0 Å². The number of rotatable bonds is 2. The van der Waals surface area contributed by atoms with Crippen molar-refractivity contribution >= 4 is 17.5 Å². The van der Waals surface area contributed by atoms with E-state index in [-0.39, 0.29) is 17.1 Å². The van der Waals surface area contributed by atoms with E-state index in [4.69, 9.17) is 11.6 Å². The van der Waals surface area contributed by atoms with Crippen molar-refractivity contribution in [2.75, 3.05) is 0 Å². The predicted octanol–water partition coefficient (Wildman–Crippen LogP) is 2.11. The summed E-state index contributed by atoms with van der Waals surface area (Å²) in [5.74, 6) is 0.924. The van der Waals surface area contributed by atoms with Crippen molar-refractivity contribution in [1.82, 2.24) is 14.8 Å². The summed E-state index contributed by atoms with van der Waals surface area (Å²) < 4.78 is 1.21. The Kier molecular flexibility index (Phi) is 2.31. The minimum atomic E-state index is -0.110. The van der Waals surface area contributed by atoms with Crippen LogP contribution in [-0.4, -0.2) is 20.7 Å². The van der Waals surface area contributed by atoms with Crippen molar-refractivity contribution in [3.8, 4) is 0 Å². The molecule has 1 aromatic rings. The third kappa shape index (κ3) is 1.66. The topological polar surface area (TPSA) is 47.8 Å². The van der Waals surface area contributed by atoms with E-state index in [0.29, 0.717) is 11.7 Å². The van der Waals surface area contributed by atoms with Gasteiger partial charge in [0.05, 0.1) is 0 Å². The molecule has 0 aromatic carbocycles. The lowest BCUT2D eigenvalue weighted by molar-refractivity contribution is 0.0838. The first-order valence-corrected chi connectivity index (χ1v) is 5.14. The second-order valence-corrected chi connectivity index (χ2v) is 4.26. The lowest BCUT2D eigenvalue weighted by Crippen LogP contribution is -2.18. The number of hydrogen-bond acceptors (Lipinski definition) is 3. The van der Waals surface area contributed by atoms with Gasteiger partial charge in [-0.05, 0) is 24.4 Å². The molecule has 0 atom stereocenters. The van der Waals surface area contributed by atoms with Gasteiger partial charge in [-0.15, -0.1) is 5.10 Å². The molecule has 1 saturated carbocycles. The SMILES string of the molecule is CC(C)C(=O)n1nc(C2CC2)nc1Cl. The van der Waals surface area contributed by atoms with Crippen molar-refractivity contribution in [3.63, 3.8) is 0 Å². The van der Waals surface area contributed by atoms with Gasteiger partial charge in [-0.1, -0.05) is 13.8 Å². The van der Waals surface area contributed by atoms with Crippen LogP contribution in [0.5, 0.6) is 0 Å². The average Bonchev–Trinajstić information content (AvgIpc) is 2.89. The molecule has 1 heterocycles. The Balaban J connectivity index is 2.28. The van der Waals surface area contributed by atoms with Crippen LogP contribution in [0.2, 0.25) is 5.28 Å². The quantitative estimate of drug-likeness (QED) is 0.756. The Morgan fingerprint density at radius 2 is 2.21 bits per heavy atom. The van der Waals surface area contributed by atoms with Crippen molar-refractivity contribution in [2.24, 2.45) is 5.92 Å². The maximum atomic E-state index is 11.6. The fourth-order valence-electron chi connectivity index (χ4n) is 1.21. The smallest absolute Gasteiger partial charge is 0.252 e. The van der Waals surface area contributed by atoms with Gasteiger partial charge in [0.1, 0.15) is 0 Å². The highest BCUT2D eigenvalue weighted by Crippen LogP contribution is 2.38. The van der Waals surface area contributed by atoms with Crippen molar-refractivity contribution < 1.29 is 4.79 Å². The molecule has 5 heteroatoms. The first-order chi connectivity index (χ1) is 6.59. The van der Waals surface area contributed by atoms with Gasteiger partial charge < -0.3 is 0 Å². The van der Waals surface area contributed by atoms with E-state index in [0.717, 1.165) is 12.8 Å². The Hall–Kier alpha value is -0.900.